The summed E-state index contributed by atoms with van der Waals surface area (Å²) in [5.41, 5.74) is 1.74. The van der Waals surface area contributed by atoms with E-state index in [1.54, 1.807) is 0 Å². The van der Waals surface area contributed by atoms with Gasteiger partial charge in [0.15, 0.2) is 0 Å². The number of rotatable bonds is 4. The quantitative estimate of drug-likeness (QED) is 0.679. The van der Waals surface area contributed by atoms with Gasteiger partial charge in [-0.15, -0.1) is 0 Å². The van der Waals surface area contributed by atoms with Gasteiger partial charge >= 0.3 is 6.09 Å². The van der Waals surface area contributed by atoms with Crippen LogP contribution in [0.15, 0.2) is 18.2 Å². The lowest BCUT2D eigenvalue weighted by Gasteiger charge is -2.20. The number of benzene rings is 1. The molecule has 0 radical (unpaired) electrons. The molecule has 1 aromatic rings. The molecule has 0 aliphatic carbocycles. The lowest BCUT2D eigenvalue weighted by molar-refractivity contribution is 0.136. The summed E-state index contributed by atoms with van der Waals surface area (Å²) < 4.78 is 11.9. The van der Waals surface area contributed by atoms with E-state index in [-0.39, 0.29) is 12.1 Å². The van der Waals surface area contributed by atoms with Gasteiger partial charge in [0, 0.05) is 12.0 Å². The van der Waals surface area contributed by atoms with Gasteiger partial charge in [0.05, 0.1) is 13.7 Å². The normalized spacial score (nSPS) is 15.7. The first-order valence-electron chi connectivity index (χ1n) is 5.94. The van der Waals surface area contributed by atoms with Gasteiger partial charge in [-0.1, -0.05) is 18.2 Å². The molecule has 0 fully saturated rings. The van der Waals surface area contributed by atoms with Crippen LogP contribution in [-0.2, 0) is 17.1 Å². The fourth-order valence-corrected chi connectivity index (χ4v) is 2.61. The smallest absolute Gasteiger partial charge is 0.419 e. The first kappa shape index (κ1) is 14.0. The van der Waals surface area contributed by atoms with Crippen LogP contribution in [0, 0.1) is 0 Å². The van der Waals surface area contributed by atoms with Crippen molar-refractivity contribution in [1.29, 1.82) is 0 Å². The fraction of sp³-hybridized carbons (Fsp3) is 0.462. The van der Waals surface area contributed by atoms with Gasteiger partial charge in [-0.05, 0) is 19.4 Å². The minimum absolute atomic E-state index is 0.229. The molecule has 0 aromatic heterocycles. The van der Waals surface area contributed by atoms with E-state index < -0.39 is 6.09 Å². The number of amides is 1. The van der Waals surface area contributed by atoms with E-state index in [4.69, 9.17) is 14.0 Å². The lowest BCUT2D eigenvalue weighted by atomic mass is 10.0. The Morgan fingerprint density at radius 2 is 2.32 bits per heavy atom. The second kappa shape index (κ2) is 5.30. The largest absolute Gasteiger partial charge is 0.487 e. The Morgan fingerprint density at radius 1 is 1.58 bits per heavy atom. The molecule has 104 valence electrons. The Bertz CT molecular complexity index is 490. The number of carbonyl (C=O) groups is 1. The molecule has 0 saturated carbocycles. The Hall–Kier alpha value is -1.40. The maximum Gasteiger partial charge on any atom is 0.419 e. The molecule has 1 aromatic carbocycles. The van der Waals surface area contributed by atoms with Crippen LogP contribution >= 0.6 is 12.2 Å². The van der Waals surface area contributed by atoms with Gasteiger partial charge in [-0.2, -0.15) is 0 Å². The zero-order chi connectivity index (χ0) is 14.0. The summed E-state index contributed by atoms with van der Waals surface area (Å²) in [6, 6.07) is 5.82. The van der Waals surface area contributed by atoms with Crippen molar-refractivity contribution in [2.24, 2.45) is 0 Å². The Morgan fingerprint density at radius 3 is 2.95 bits per heavy atom. The van der Waals surface area contributed by atoms with Crippen LogP contribution in [-0.4, -0.2) is 28.2 Å². The molecule has 2 rings (SSSR count). The van der Waals surface area contributed by atoms with Gasteiger partial charge in [-0.25, -0.2) is 9.10 Å². The van der Waals surface area contributed by atoms with E-state index in [0.717, 1.165) is 39.8 Å². The zero-order valence-corrected chi connectivity index (χ0v) is 12.0. The topological polar surface area (TPSA) is 59.0 Å². The first-order valence-corrected chi connectivity index (χ1v) is 6.64. The highest BCUT2D eigenvalue weighted by atomic mass is 32.2. The van der Waals surface area contributed by atoms with E-state index in [0.29, 0.717) is 0 Å². The number of fused-ring (bicyclic) bond motifs is 1. The fourth-order valence-electron chi connectivity index (χ4n) is 2.17. The molecule has 5 nitrogen and oxygen atoms in total. The van der Waals surface area contributed by atoms with Crippen molar-refractivity contribution in [2.45, 2.75) is 32.4 Å². The van der Waals surface area contributed by atoms with Crippen LogP contribution in [0.4, 0.5) is 4.79 Å². The van der Waals surface area contributed by atoms with Crippen molar-refractivity contribution in [3.05, 3.63) is 29.3 Å². The summed E-state index contributed by atoms with van der Waals surface area (Å²) in [6.45, 7) is 4.28. The summed E-state index contributed by atoms with van der Waals surface area (Å²) >= 11 is 0.803. The van der Waals surface area contributed by atoms with Crippen molar-refractivity contribution in [1.82, 2.24) is 4.31 Å². The highest BCUT2D eigenvalue weighted by Gasteiger charge is 2.32. The molecule has 19 heavy (non-hydrogen) atoms. The highest BCUT2D eigenvalue weighted by Crippen LogP contribution is 2.38. The maximum absolute atomic E-state index is 11.1. The number of para-hydroxylation sites is 1. The van der Waals surface area contributed by atoms with Gasteiger partial charge in [-0.3, -0.25) is 4.18 Å². The average molecular weight is 283 g/mol. The first-order chi connectivity index (χ1) is 8.93. The Balaban J connectivity index is 2.23. The van der Waals surface area contributed by atoms with Crippen LogP contribution in [0.1, 0.15) is 25.0 Å². The number of hydrogen-bond acceptors (Lipinski definition) is 4. The summed E-state index contributed by atoms with van der Waals surface area (Å²) in [5, 5.41) is 9.10. The van der Waals surface area contributed by atoms with Crippen LogP contribution in [0.5, 0.6) is 5.75 Å². The standard InChI is InChI=1S/C13H17NO4S/c1-13(2)7-9-5-4-6-10(11(9)18-13)8-14(12(15)16)19-17-3/h4-6H,7-8H2,1-3H3,(H,15,16). The predicted octanol–water partition coefficient (Wildman–Crippen LogP) is 3.09. The molecule has 0 unspecified atom stereocenters. The molecule has 1 N–H and O–H groups in total. The summed E-state index contributed by atoms with van der Waals surface area (Å²) in [5.74, 6) is 0.801. The number of ether oxygens (including phenoxy) is 1. The van der Waals surface area contributed by atoms with Gasteiger partial charge in [0.1, 0.15) is 23.6 Å². The van der Waals surface area contributed by atoms with Crippen molar-refractivity contribution < 1.29 is 18.8 Å². The predicted molar refractivity (Wildman–Crippen MR) is 73.0 cm³/mol. The van der Waals surface area contributed by atoms with Gasteiger partial charge in [0.2, 0.25) is 0 Å². The van der Waals surface area contributed by atoms with E-state index in [1.165, 1.54) is 7.11 Å². The number of hydrogen-bond donors (Lipinski definition) is 1. The monoisotopic (exact) mass is 283 g/mol. The van der Waals surface area contributed by atoms with Crippen molar-refractivity contribution >= 4 is 18.3 Å². The Kier molecular flexibility index (Phi) is 3.91. The third-order valence-electron chi connectivity index (χ3n) is 2.86. The molecule has 0 atom stereocenters. The number of carboxylic acid groups (broad SMARTS) is 1. The average Bonchev–Trinajstić information content (AvgIpc) is 2.63. The molecular formula is C13H17NO4S. The SMILES string of the molecule is COSN(Cc1cccc2c1OC(C)(C)C2)C(=O)O. The minimum Gasteiger partial charge on any atom is -0.487 e. The molecule has 0 saturated heterocycles. The van der Waals surface area contributed by atoms with Crippen molar-refractivity contribution in [3.63, 3.8) is 0 Å². The third-order valence-corrected chi connectivity index (χ3v) is 3.48. The van der Waals surface area contributed by atoms with E-state index in [2.05, 4.69) is 0 Å². The molecular weight excluding hydrogens is 266 g/mol. The van der Waals surface area contributed by atoms with E-state index >= 15 is 0 Å². The second-order valence-corrected chi connectivity index (χ2v) is 5.93. The van der Waals surface area contributed by atoms with Crippen LogP contribution < -0.4 is 4.74 Å². The second-order valence-electron chi connectivity index (χ2n) is 5.00. The lowest BCUT2D eigenvalue weighted by Crippen LogP contribution is -2.25. The third kappa shape index (κ3) is 3.13. The molecule has 0 spiro atoms. The van der Waals surface area contributed by atoms with Gasteiger partial charge < -0.3 is 9.84 Å². The minimum atomic E-state index is -1.04. The molecule has 0 bridgehead atoms. The van der Waals surface area contributed by atoms with Crippen LogP contribution in [0.25, 0.3) is 0 Å². The van der Waals surface area contributed by atoms with Crippen LogP contribution in [0.2, 0.25) is 0 Å². The summed E-state index contributed by atoms with van der Waals surface area (Å²) in [7, 11) is 1.44. The molecule has 6 heteroatoms. The molecule has 1 heterocycles. The van der Waals surface area contributed by atoms with Crippen molar-refractivity contribution in [2.75, 3.05) is 7.11 Å². The van der Waals surface area contributed by atoms with E-state index in [9.17, 15) is 4.79 Å². The molecule has 1 aliphatic heterocycles. The molecule has 1 amide bonds. The Labute approximate surface area is 116 Å². The number of nitrogens with zero attached hydrogens (tertiary/aromatic N) is 1. The zero-order valence-electron chi connectivity index (χ0n) is 11.2. The molecule has 1 aliphatic rings. The summed E-state index contributed by atoms with van der Waals surface area (Å²) in [4.78, 5) is 11.1. The highest BCUT2D eigenvalue weighted by molar-refractivity contribution is 7.92. The van der Waals surface area contributed by atoms with Gasteiger partial charge in [0.25, 0.3) is 0 Å². The maximum atomic E-state index is 11.1. The summed E-state index contributed by atoms with van der Waals surface area (Å²) in [6.07, 6.45) is -0.206. The van der Waals surface area contributed by atoms with Crippen LogP contribution in [0.3, 0.4) is 0 Å². The van der Waals surface area contributed by atoms with Crippen molar-refractivity contribution in [3.8, 4) is 5.75 Å². The van der Waals surface area contributed by atoms with E-state index in [1.807, 2.05) is 32.0 Å².